The molecule has 0 N–H and O–H groups in total. The number of hydrogen-bond acceptors (Lipinski definition) is 7. The van der Waals surface area contributed by atoms with E-state index < -0.39 is 0 Å². The predicted octanol–water partition coefficient (Wildman–Crippen LogP) is 3.23. The van der Waals surface area contributed by atoms with E-state index in [4.69, 9.17) is 9.72 Å². The van der Waals surface area contributed by atoms with Crippen molar-refractivity contribution in [3.63, 3.8) is 0 Å². The molecule has 1 aliphatic rings. The minimum Gasteiger partial charge on any atom is -0.497 e. The van der Waals surface area contributed by atoms with Gasteiger partial charge >= 0.3 is 0 Å². The molecule has 0 radical (unpaired) electrons. The number of rotatable bonds is 6. The number of piperazine rings is 1. The highest BCUT2D eigenvalue weighted by Gasteiger charge is 2.23. The van der Waals surface area contributed by atoms with Crippen molar-refractivity contribution in [3.05, 3.63) is 83.3 Å². The topological polar surface area (TPSA) is 80.6 Å². The Balaban J connectivity index is 1.36. The quantitative estimate of drug-likeness (QED) is 0.305. The fourth-order valence-corrected chi connectivity index (χ4v) is 5.05. The highest BCUT2D eigenvalue weighted by molar-refractivity contribution is 7.99. The lowest BCUT2D eigenvalue weighted by Gasteiger charge is -2.35. The van der Waals surface area contributed by atoms with E-state index in [1.54, 1.807) is 30.0 Å². The zero-order valence-corrected chi connectivity index (χ0v) is 20.1. The van der Waals surface area contributed by atoms with Crippen LogP contribution in [0, 0.1) is 0 Å². The number of benzene rings is 2. The Labute approximate surface area is 207 Å². The maximum absolute atomic E-state index is 13.4. The number of para-hydroxylation sites is 1. The van der Waals surface area contributed by atoms with Crippen LogP contribution in [0.3, 0.4) is 0 Å². The fourth-order valence-electron chi connectivity index (χ4n) is 4.13. The summed E-state index contributed by atoms with van der Waals surface area (Å²) < 4.78 is 6.91. The Morgan fingerprint density at radius 3 is 2.57 bits per heavy atom. The lowest BCUT2D eigenvalue weighted by atomic mass is 10.2. The molecule has 0 aliphatic carbocycles. The van der Waals surface area contributed by atoms with Gasteiger partial charge in [-0.3, -0.25) is 14.2 Å². The first kappa shape index (κ1) is 22.9. The Bertz CT molecular complexity index is 1400. The maximum Gasteiger partial charge on any atom is 0.266 e. The number of fused-ring (bicyclic) bond motifs is 1. The van der Waals surface area contributed by atoms with Gasteiger partial charge in [0.15, 0.2) is 5.16 Å². The van der Waals surface area contributed by atoms with E-state index in [9.17, 15) is 9.59 Å². The van der Waals surface area contributed by atoms with E-state index in [1.165, 1.54) is 11.8 Å². The van der Waals surface area contributed by atoms with E-state index >= 15 is 0 Å². The van der Waals surface area contributed by atoms with Crippen LogP contribution in [0.2, 0.25) is 0 Å². The second-order valence-electron chi connectivity index (χ2n) is 8.10. The number of hydrogen-bond donors (Lipinski definition) is 0. The van der Waals surface area contributed by atoms with E-state index in [0.717, 1.165) is 18.9 Å². The third-order valence-electron chi connectivity index (χ3n) is 5.99. The van der Waals surface area contributed by atoms with Gasteiger partial charge in [0.1, 0.15) is 11.6 Å². The maximum atomic E-state index is 13.4. The van der Waals surface area contributed by atoms with Crippen molar-refractivity contribution >= 4 is 34.4 Å². The average molecular weight is 488 g/mol. The van der Waals surface area contributed by atoms with Gasteiger partial charge in [-0.05, 0) is 36.4 Å². The molecule has 1 amide bonds. The number of nitrogens with zero attached hydrogens (tertiary/aromatic N) is 5. The summed E-state index contributed by atoms with van der Waals surface area (Å²) in [5.74, 6) is 1.78. The molecule has 0 bridgehead atoms. The van der Waals surface area contributed by atoms with Crippen LogP contribution >= 0.6 is 11.8 Å². The predicted molar refractivity (Wildman–Crippen MR) is 138 cm³/mol. The first-order valence-corrected chi connectivity index (χ1v) is 12.4. The third kappa shape index (κ3) is 4.85. The minimum absolute atomic E-state index is 0.0234. The third-order valence-corrected chi connectivity index (χ3v) is 6.91. The highest BCUT2D eigenvalue weighted by atomic mass is 32.2. The molecule has 2 aromatic heterocycles. The lowest BCUT2D eigenvalue weighted by molar-refractivity contribution is -0.128. The van der Waals surface area contributed by atoms with Gasteiger partial charge in [0, 0.05) is 38.4 Å². The fraction of sp³-hybridized carbons (Fsp3) is 0.231. The number of amides is 1. The smallest absolute Gasteiger partial charge is 0.266 e. The van der Waals surface area contributed by atoms with Gasteiger partial charge in [0.05, 0.1) is 29.5 Å². The van der Waals surface area contributed by atoms with Gasteiger partial charge in [-0.1, -0.05) is 36.0 Å². The Hall–Kier alpha value is -3.85. The largest absolute Gasteiger partial charge is 0.497 e. The molecule has 3 heterocycles. The van der Waals surface area contributed by atoms with Gasteiger partial charge in [0.2, 0.25) is 5.91 Å². The molecule has 0 unspecified atom stereocenters. The number of thioether (sulfide) groups is 1. The lowest BCUT2D eigenvalue weighted by Crippen LogP contribution is -2.49. The summed E-state index contributed by atoms with van der Waals surface area (Å²) in [7, 11) is 1.59. The van der Waals surface area contributed by atoms with E-state index in [-0.39, 0.29) is 17.2 Å². The number of pyridine rings is 1. The van der Waals surface area contributed by atoms with Gasteiger partial charge in [-0.15, -0.1) is 0 Å². The van der Waals surface area contributed by atoms with Crippen molar-refractivity contribution in [3.8, 4) is 11.4 Å². The molecule has 1 fully saturated rings. The zero-order chi connectivity index (χ0) is 24.2. The molecule has 0 spiro atoms. The van der Waals surface area contributed by atoms with Crippen molar-refractivity contribution in [1.82, 2.24) is 19.4 Å². The second-order valence-corrected chi connectivity index (χ2v) is 9.04. The normalized spacial score (nSPS) is 13.7. The minimum atomic E-state index is -0.178. The van der Waals surface area contributed by atoms with Crippen LogP contribution in [-0.2, 0) is 4.79 Å². The Morgan fingerprint density at radius 2 is 1.80 bits per heavy atom. The van der Waals surface area contributed by atoms with Crippen molar-refractivity contribution in [2.24, 2.45) is 0 Å². The summed E-state index contributed by atoms with van der Waals surface area (Å²) in [5, 5.41) is 0.999. The molecular formula is C26H25N5O3S. The molecule has 0 saturated carbocycles. The molecule has 8 nitrogen and oxygen atoms in total. The van der Waals surface area contributed by atoms with Crippen molar-refractivity contribution in [2.45, 2.75) is 5.16 Å². The molecular weight excluding hydrogens is 462 g/mol. The number of carbonyl (C=O) groups is 1. The molecule has 1 saturated heterocycles. The first-order valence-electron chi connectivity index (χ1n) is 11.4. The van der Waals surface area contributed by atoms with Crippen LogP contribution in [-0.4, -0.2) is 64.4 Å². The first-order chi connectivity index (χ1) is 17.1. The average Bonchev–Trinajstić information content (AvgIpc) is 2.92. The molecule has 0 atom stereocenters. The number of methoxy groups -OCH3 is 1. The summed E-state index contributed by atoms with van der Waals surface area (Å²) >= 11 is 1.28. The molecule has 1 aliphatic heterocycles. The molecule has 2 aromatic carbocycles. The van der Waals surface area contributed by atoms with Crippen LogP contribution in [0.5, 0.6) is 5.75 Å². The van der Waals surface area contributed by atoms with Crippen LogP contribution < -0.4 is 15.2 Å². The van der Waals surface area contributed by atoms with Crippen molar-refractivity contribution < 1.29 is 9.53 Å². The van der Waals surface area contributed by atoms with Crippen LogP contribution in [0.4, 0.5) is 5.82 Å². The van der Waals surface area contributed by atoms with Crippen LogP contribution in [0.25, 0.3) is 16.6 Å². The van der Waals surface area contributed by atoms with Gasteiger partial charge in [0.25, 0.3) is 5.56 Å². The van der Waals surface area contributed by atoms with Gasteiger partial charge < -0.3 is 14.5 Å². The number of aromatic nitrogens is 3. The number of carbonyl (C=O) groups excluding carboxylic acids is 1. The SMILES string of the molecule is COc1cccc(-n2c(SCC(=O)N3CCN(c4ccccn4)CC3)nc3ccccc3c2=O)c1. The Kier molecular flexibility index (Phi) is 6.67. The molecule has 35 heavy (non-hydrogen) atoms. The Morgan fingerprint density at radius 1 is 1.00 bits per heavy atom. The summed E-state index contributed by atoms with van der Waals surface area (Å²) in [6.07, 6.45) is 1.78. The molecule has 9 heteroatoms. The summed E-state index contributed by atoms with van der Waals surface area (Å²) in [6, 6.07) is 20.4. The van der Waals surface area contributed by atoms with Crippen molar-refractivity contribution in [2.75, 3.05) is 43.9 Å². The summed E-state index contributed by atoms with van der Waals surface area (Å²) in [4.78, 5) is 39.7. The van der Waals surface area contributed by atoms with Crippen molar-refractivity contribution in [1.29, 1.82) is 0 Å². The number of ether oxygens (including phenoxy) is 1. The van der Waals surface area contributed by atoms with E-state index in [1.807, 2.05) is 59.5 Å². The molecule has 178 valence electrons. The van der Waals surface area contributed by atoms with Crippen LogP contribution in [0.15, 0.2) is 82.9 Å². The summed E-state index contributed by atoms with van der Waals surface area (Å²) in [5.41, 5.74) is 1.07. The van der Waals surface area contributed by atoms with E-state index in [0.29, 0.717) is 40.6 Å². The highest BCUT2D eigenvalue weighted by Crippen LogP contribution is 2.24. The molecule has 4 aromatic rings. The second kappa shape index (κ2) is 10.2. The summed E-state index contributed by atoms with van der Waals surface area (Å²) in [6.45, 7) is 2.72. The monoisotopic (exact) mass is 487 g/mol. The van der Waals surface area contributed by atoms with E-state index in [2.05, 4.69) is 9.88 Å². The van der Waals surface area contributed by atoms with Crippen LogP contribution in [0.1, 0.15) is 0 Å². The zero-order valence-electron chi connectivity index (χ0n) is 19.3. The molecule has 5 rings (SSSR count). The van der Waals surface area contributed by atoms with Gasteiger partial charge in [-0.25, -0.2) is 9.97 Å². The standard InChI is InChI=1S/C26H25N5O3S/c1-34-20-8-6-7-19(17-20)31-25(33)21-9-2-3-10-22(21)28-26(31)35-18-24(32)30-15-13-29(14-16-30)23-11-4-5-12-27-23/h2-12,17H,13-16,18H2,1H3. The number of anilines is 1. The van der Waals surface area contributed by atoms with Gasteiger partial charge in [-0.2, -0.15) is 0 Å².